The number of epoxide rings is 1. The van der Waals surface area contributed by atoms with Gasteiger partial charge in [-0.15, -0.1) is 13.2 Å². The zero-order valence-electron chi connectivity index (χ0n) is 49.8. The Morgan fingerprint density at radius 3 is 1.07 bits per heavy atom. The predicted octanol–water partition coefficient (Wildman–Crippen LogP) is 9.99. The average Bonchev–Trinajstić information content (AvgIpc) is 4.03. The number of ketones is 1. The van der Waals surface area contributed by atoms with E-state index in [0.717, 1.165) is 58.3 Å². The number of carbonyl (C=O) groups is 1. The van der Waals surface area contributed by atoms with E-state index in [1.165, 1.54) is 0 Å². The van der Waals surface area contributed by atoms with Crippen LogP contribution in [0.25, 0.3) is 0 Å². The molecule has 0 bridgehead atoms. The van der Waals surface area contributed by atoms with Gasteiger partial charge >= 0.3 is 0 Å². The Bertz CT molecular complexity index is 1540. The molecular weight excluding hydrogens is 965 g/mol. The molecule has 0 spiro atoms. The molecule has 6 heterocycles. The fourth-order valence-corrected chi connectivity index (χ4v) is 11.9. The van der Waals surface area contributed by atoms with Crippen LogP contribution in [0.5, 0.6) is 0 Å². The lowest BCUT2D eigenvalue weighted by Gasteiger charge is -2.37. The van der Waals surface area contributed by atoms with Gasteiger partial charge in [0, 0.05) is 48.9 Å². The van der Waals surface area contributed by atoms with Crippen LogP contribution in [-0.2, 0) is 56.9 Å². The first kappa shape index (κ1) is 69.7. The Kier molecular flexibility index (Phi) is 29.8. The van der Waals surface area contributed by atoms with Crippen molar-refractivity contribution < 1.29 is 77.3 Å². The van der Waals surface area contributed by atoms with Crippen LogP contribution in [0.2, 0.25) is 0 Å². The summed E-state index contributed by atoms with van der Waals surface area (Å²) in [6.07, 6.45) is 12.6. The second-order valence-corrected chi connectivity index (χ2v) is 23.1. The van der Waals surface area contributed by atoms with E-state index in [4.69, 9.17) is 52.1 Å². The lowest BCUT2D eigenvalue weighted by atomic mass is 9.83. The number of aliphatic hydroxyl groups is 4. The summed E-state index contributed by atoms with van der Waals surface area (Å²) in [7, 11) is 0. The van der Waals surface area contributed by atoms with Crippen LogP contribution in [0.3, 0.4) is 0 Å². The Hall–Kier alpha value is -1.45. The number of hydrogen-bond acceptors (Lipinski definition) is 16. The maximum absolute atomic E-state index is 11.0. The number of carbonyl (C=O) groups excluding carboxylic acids is 1. The fraction of sp³-hybridized carbons (Fsp3) is 0.915. The molecule has 6 fully saturated rings. The lowest BCUT2D eigenvalue weighted by Crippen LogP contribution is -2.42. The first-order chi connectivity index (χ1) is 35.1. The maximum Gasteiger partial charge on any atom is 0.171 e. The van der Waals surface area contributed by atoms with E-state index in [1.807, 2.05) is 47.6 Å². The minimum absolute atomic E-state index is 0.101. The third-order valence-corrected chi connectivity index (χ3v) is 15.8. The quantitative estimate of drug-likeness (QED) is 0.0470. The van der Waals surface area contributed by atoms with Gasteiger partial charge in [-0.3, -0.25) is 0 Å². The van der Waals surface area contributed by atoms with Gasteiger partial charge in [-0.1, -0.05) is 81.4 Å². The van der Waals surface area contributed by atoms with Crippen LogP contribution >= 0.6 is 0 Å². The Morgan fingerprint density at radius 1 is 0.507 bits per heavy atom. The Labute approximate surface area is 454 Å². The van der Waals surface area contributed by atoms with Crippen LogP contribution in [0.4, 0.5) is 0 Å². The molecule has 0 aromatic rings. The number of aliphatic hydroxyl groups excluding tert-OH is 1. The second-order valence-electron chi connectivity index (χ2n) is 23.1. The first-order valence-corrected chi connectivity index (χ1v) is 28.7. The minimum Gasteiger partial charge on any atom is -0.393 e. The van der Waals surface area contributed by atoms with Crippen LogP contribution in [-0.4, -0.2) is 157 Å². The number of allylic oxidation sites excluding steroid dienone is 1. The first-order valence-electron chi connectivity index (χ1n) is 28.7. The SMILES string of the molecule is C=CCC(C)(O)CC(C)C1(CC)OCCO1.C=CCC(C)C1(CC)OCCO1.CCC1(C(C)CC(C)(O)CC(C)O)OCCO1.CCC1(C(C)CC(C)(O)CC2CO2)OCCO1.CCC1(C(C)CC(C)=O)OCCO1. The molecule has 442 valence electrons. The summed E-state index contributed by atoms with van der Waals surface area (Å²) in [5, 5.41) is 40.2. The summed E-state index contributed by atoms with van der Waals surface area (Å²) in [6.45, 7) is 44.2. The molecule has 16 heteroatoms. The van der Waals surface area contributed by atoms with Crippen molar-refractivity contribution in [2.45, 2.75) is 245 Å². The van der Waals surface area contributed by atoms with Crippen molar-refractivity contribution in [3.63, 3.8) is 0 Å². The van der Waals surface area contributed by atoms with E-state index < -0.39 is 46.1 Å². The molecule has 6 rings (SSSR count). The standard InChI is InChI=1S/C13H24O4.C13H26O4.C13H24O3.C10H18O3.C10H18O2/c1-4-13(16-5-6-17-13)10(2)7-12(3,14)8-11-9-15-11;1-5-13(16-6-7-17-13)10(2)8-12(4,15)9-11(3)14;1-5-7-12(4,14)10-11(3)13(6-2)15-8-9-16-13;1-4-10(12-5-6-13-10)8(2)7-9(3)11;1-4-6-9(3)10(5-2)11-7-8-12-10/h10-11,14H,4-9H2,1-3H3;10-11,14-15H,5-9H2,1-4H3;5,11,14H,1,6-10H2,2-4H3;8H,4-7H2,1-3H3;4,9H,1,5-8H2,2-3H3. The van der Waals surface area contributed by atoms with Crippen LogP contribution in [0.15, 0.2) is 25.3 Å². The Morgan fingerprint density at radius 2 is 0.800 bits per heavy atom. The smallest absolute Gasteiger partial charge is 0.171 e. The van der Waals surface area contributed by atoms with Crippen molar-refractivity contribution in [3.05, 3.63) is 25.3 Å². The van der Waals surface area contributed by atoms with E-state index in [2.05, 4.69) is 54.7 Å². The summed E-state index contributed by atoms with van der Waals surface area (Å²) in [5.41, 5.74) is -2.30. The average molecular weight is 1080 g/mol. The molecule has 4 N–H and O–H groups in total. The summed E-state index contributed by atoms with van der Waals surface area (Å²) in [6, 6.07) is 0. The van der Waals surface area contributed by atoms with E-state index in [-0.39, 0.29) is 41.3 Å². The molecule has 0 amide bonds. The molecule has 75 heavy (non-hydrogen) atoms. The molecule has 16 nitrogen and oxygen atoms in total. The normalized spacial score (nSPS) is 26.4. The molecule has 0 aliphatic carbocycles. The summed E-state index contributed by atoms with van der Waals surface area (Å²) in [4.78, 5) is 11.0. The van der Waals surface area contributed by atoms with Gasteiger partial charge in [-0.05, 0) is 98.8 Å². The number of ether oxygens (including phenoxy) is 11. The lowest BCUT2D eigenvalue weighted by molar-refractivity contribution is -0.204. The fourth-order valence-electron chi connectivity index (χ4n) is 11.9. The van der Waals surface area contributed by atoms with Crippen molar-refractivity contribution in [2.75, 3.05) is 72.7 Å². The molecule has 10 unspecified atom stereocenters. The van der Waals surface area contributed by atoms with Gasteiger partial charge in [-0.25, -0.2) is 0 Å². The zero-order chi connectivity index (χ0) is 56.8. The molecule has 10 atom stereocenters. The summed E-state index contributed by atoms with van der Waals surface area (Å²) < 4.78 is 62.0. The van der Waals surface area contributed by atoms with Crippen LogP contribution < -0.4 is 0 Å². The van der Waals surface area contributed by atoms with E-state index in [0.29, 0.717) is 104 Å². The third kappa shape index (κ3) is 22.2. The van der Waals surface area contributed by atoms with Gasteiger partial charge in [0.2, 0.25) is 0 Å². The summed E-state index contributed by atoms with van der Waals surface area (Å²) >= 11 is 0. The van der Waals surface area contributed by atoms with Gasteiger partial charge in [0.05, 0.1) is 102 Å². The second kappa shape index (κ2) is 32.1. The Balaban J connectivity index is 0.000000323. The number of Topliss-reactive ketones (excluding diaryl/α,β-unsaturated/α-hetero) is 1. The highest BCUT2D eigenvalue weighted by molar-refractivity contribution is 5.75. The van der Waals surface area contributed by atoms with Crippen LogP contribution in [0, 0.1) is 29.6 Å². The van der Waals surface area contributed by atoms with E-state index in [1.54, 1.807) is 26.8 Å². The molecule has 0 aromatic heterocycles. The van der Waals surface area contributed by atoms with Crippen molar-refractivity contribution >= 4 is 5.78 Å². The molecule has 6 aliphatic rings. The third-order valence-electron chi connectivity index (χ3n) is 15.8. The molecule has 0 saturated carbocycles. The van der Waals surface area contributed by atoms with E-state index >= 15 is 0 Å². The van der Waals surface area contributed by atoms with Crippen molar-refractivity contribution in [1.82, 2.24) is 0 Å². The maximum atomic E-state index is 11.0. The largest absolute Gasteiger partial charge is 0.393 e. The van der Waals surface area contributed by atoms with Gasteiger partial charge in [0.25, 0.3) is 0 Å². The highest BCUT2D eigenvalue weighted by atomic mass is 16.8. The van der Waals surface area contributed by atoms with Crippen molar-refractivity contribution in [3.8, 4) is 0 Å². The highest BCUT2D eigenvalue weighted by Crippen LogP contribution is 2.41. The van der Waals surface area contributed by atoms with Crippen LogP contribution in [0.1, 0.15) is 187 Å². The topological polar surface area (TPSA) is 203 Å². The zero-order valence-corrected chi connectivity index (χ0v) is 49.8. The monoisotopic (exact) mass is 1070 g/mol. The molecule has 0 aromatic carbocycles. The molecule has 6 saturated heterocycles. The van der Waals surface area contributed by atoms with Gasteiger partial charge in [0.1, 0.15) is 5.78 Å². The van der Waals surface area contributed by atoms with Crippen molar-refractivity contribution in [1.29, 1.82) is 0 Å². The number of rotatable bonds is 26. The van der Waals surface area contributed by atoms with Crippen molar-refractivity contribution in [2.24, 2.45) is 29.6 Å². The van der Waals surface area contributed by atoms with Gasteiger partial charge < -0.3 is 77.3 Å². The van der Waals surface area contributed by atoms with Gasteiger partial charge in [-0.2, -0.15) is 0 Å². The molecule has 0 radical (unpaired) electrons. The number of hydrogen-bond donors (Lipinski definition) is 4. The predicted molar refractivity (Wildman–Crippen MR) is 292 cm³/mol. The molecular formula is C59H110O16. The minimum atomic E-state index is -0.884. The summed E-state index contributed by atoms with van der Waals surface area (Å²) in [5.74, 6) is -1.15. The van der Waals surface area contributed by atoms with E-state index in [9.17, 15) is 25.2 Å². The highest BCUT2D eigenvalue weighted by Gasteiger charge is 2.47. The van der Waals surface area contributed by atoms with Gasteiger partial charge in [0.15, 0.2) is 28.9 Å². The molecule has 6 aliphatic heterocycles.